The van der Waals surface area contributed by atoms with Gasteiger partial charge >= 0.3 is 0 Å². The predicted octanol–water partition coefficient (Wildman–Crippen LogP) is 3.92. The first kappa shape index (κ1) is 18.5. The van der Waals surface area contributed by atoms with E-state index in [1.54, 1.807) is 31.2 Å². The Morgan fingerprint density at radius 3 is 2.19 bits per heavy atom. The second-order valence-corrected chi connectivity index (χ2v) is 9.15. The first-order valence-electron chi connectivity index (χ1n) is 9.81. The van der Waals surface area contributed by atoms with E-state index in [0.29, 0.717) is 16.3 Å². The number of rotatable bonds is 5. The third-order valence-electron chi connectivity index (χ3n) is 6.31. The van der Waals surface area contributed by atoms with Crippen LogP contribution in [0.15, 0.2) is 29.4 Å². The molecule has 4 aliphatic carbocycles. The maximum atomic E-state index is 12.6. The highest BCUT2D eigenvalue weighted by atomic mass is 35.5. The molecule has 2 N–H and O–H groups in total. The van der Waals surface area contributed by atoms with E-state index in [4.69, 9.17) is 11.6 Å². The van der Waals surface area contributed by atoms with Crippen molar-refractivity contribution in [1.82, 2.24) is 10.7 Å². The molecule has 4 saturated carbocycles. The van der Waals surface area contributed by atoms with E-state index in [9.17, 15) is 9.59 Å². The van der Waals surface area contributed by atoms with Gasteiger partial charge in [-0.3, -0.25) is 9.59 Å². The number of hydrogen-bond donors (Lipinski definition) is 2. The SMILES string of the molecule is C/C(CC(=O)NC12CC3CC(CC(C3)C1)C2)=N\NC(=O)c1ccc(Cl)cc1. The molecule has 0 atom stereocenters. The summed E-state index contributed by atoms with van der Waals surface area (Å²) in [5, 5.41) is 7.99. The van der Waals surface area contributed by atoms with Crippen LogP contribution in [-0.4, -0.2) is 23.1 Å². The molecule has 5 nitrogen and oxygen atoms in total. The van der Waals surface area contributed by atoms with Crippen molar-refractivity contribution in [2.24, 2.45) is 22.9 Å². The summed E-state index contributed by atoms with van der Waals surface area (Å²) in [6, 6.07) is 6.60. The molecule has 0 spiro atoms. The Labute approximate surface area is 164 Å². The molecule has 1 aromatic rings. The topological polar surface area (TPSA) is 70.6 Å². The normalized spacial score (nSPS) is 31.6. The summed E-state index contributed by atoms with van der Waals surface area (Å²) >= 11 is 5.83. The maximum Gasteiger partial charge on any atom is 0.271 e. The van der Waals surface area contributed by atoms with E-state index >= 15 is 0 Å². The summed E-state index contributed by atoms with van der Waals surface area (Å²) in [6.07, 6.45) is 7.67. The lowest BCUT2D eigenvalue weighted by Crippen LogP contribution is -2.60. The van der Waals surface area contributed by atoms with Crippen LogP contribution in [0.1, 0.15) is 62.2 Å². The Morgan fingerprint density at radius 2 is 1.63 bits per heavy atom. The highest BCUT2D eigenvalue weighted by Crippen LogP contribution is 2.55. The molecule has 0 heterocycles. The Bertz CT molecular complexity index is 737. The molecule has 4 fully saturated rings. The number of amides is 2. The van der Waals surface area contributed by atoms with Crippen molar-refractivity contribution in [3.63, 3.8) is 0 Å². The molecular formula is C21H26ClN3O2. The zero-order valence-corrected chi connectivity index (χ0v) is 16.4. The first-order valence-corrected chi connectivity index (χ1v) is 10.2. The second kappa shape index (κ2) is 7.27. The lowest BCUT2D eigenvalue weighted by molar-refractivity contribution is -0.125. The molecule has 0 radical (unpaired) electrons. The lowest BCUT2D eigenvalue weighted by Gasteiger charge is -2.56. The fourth-order valence-electron chi connectivity index (χ4n) is 5.69. The number of hydrogen-bond acceptors (Lipinski definition) is 3. The fraction of sp³-hybridized carbons (Fsp3) is 0.571. The highest BCUT2D eigenvalue weighted by molar-refractivity contribution is 6.30. The van der Waals surface area contributed by atoms with E-state index in [1.807, 2.05) is 0 Å². The molecule has 0 saturated heterocycles. The van der Waals surface area contributed by atoms with Crippen molar-refractivity contribution < 1.29 is 9.59 Å². The third-order valence-corrected chi connectivity index (χ3v) is 6.57. The number of carbonyl (C=O) groups is 2. The van der Waals surface area contributed by atoms with E-state index in [-0.39, 0.29) is 23.8 Å². The van der Waals surface area contributed by atoms with Gasteiger partial charge in [0, 0.05) is 21.8 Å². The van der Waals surface area contributed by atoms with Gasteiger partial charge in [0.1, 0.15) is 0 Å². The molecule has 144 valence electrons. The van der Waals surface area contributed by atoms with Crippen LogP contribution in [0.3, 0.4) is 0 Å². The molecule has 4 bridgehead atoms. The van der Waals surface area contributed by atoms with Gasteiger partial charge < -0.3 is 5.32 Å². The molecule has 1 aromatic carbocycles. The van der Waals surface area contributed by atoms with Gasteiger partial charge in [0.15, 0.2) is 0 Å². The molecule has 0 aliphatic heterocycles. The summed E-state index contributed by atoms with van der Waals surface area (Å²) in [7, 11) is 0. The highest BCUT2D eigenvalue weighted by Gasteiger charge is 2.51. The largest absolute Gasteiger partial charge is 0.350 e. The standard InChI is InChI=1S/C21H26ClN3O2/c1-13(24-25-20(27)17-2-4-18(22)5-3-17)6-19(26)23-21-10-14-7-15(11-21)9-16(8-14)12-21/h2-5,14-16H,6-12H2,1H3,(H,23,26)(H,25,27)/b24-13+. The molecule has 2 amide bonds. The van der Waals surface area contributed by atoms with Gasteiger partial charge in [-0.05, 0) is 87.5 Å². The number of benzene rings is 1. The van der Waals surface area contributed by atoms with Gasteiger partial charge in [-0.1, -0.05) is 11.6 Å². The quantitative estimate of drug-likeness (QED) is 0.593. The number of nitrogens with zero attached hydrogens (tertiary/aromatic N) is 1. The summed E-state index contributed by atoms with van der Waals surface area (Å²) in [6.45, 7) is 1.77. The number of carbonyl (C=O) groups excluding carboxylic acids is 2. The molecule has 4 aliphatic rings. The van der Waals surface area contributed by atoms with E-state index in [2.05, 4.69) is 15.8 Å². The van der Waals surface area contributed by atoms with Crippen LogP contribution in [0.2, 0.25) is 5.02 Å². The van der Waals surface area contributed by atoms with Crippen LogP contribution in [-0.2, 0) is 4.79 Å². The van der Waals surface area contributed by atoms with Gasteiger partial charge in [0.2, 0.25) is 5.91 Å². The van der Waals surface area contributed by atoms with Gasteiger partial charge in [0.05, 0.1) is 6.42 Å². The Hall–Kier alpha value is -1.88. The van der Waals surface area contributed by atoms with Gasteiger partial charge in [0.25, 0.3) is 5.91 Å². The fourth-order valence-corrected chi connectivity index (χ4v) is 5.81. The molecule has 0 unspecified atom stereocenters. The summed E-state index contributed by atoms with van der Waals surface area (Å²) in [5.74, 6) is 2.09. The monoisotopic (exact) mass is 387 g/mol. The minimum atomic E-state index is -0.312. The maximum absolute atomic E-state index is 12.6. The average molecular weight is 388 g/mol. The summed E-state index contributed by atoms with van der Waals surface area (Å²) in [4.78, 5) is 24.7. The minimum absolute atomic E-state index is 0.0126. The summed E-state index contributed by atoms with van der Waals surface area (Å²) < 4.78 is 0. The van der Waals surface area contributed by atoms with Crippen molar-refractivity contribution in [2.75, 3.05) is 0 Å². The summed E-state index contributed by atoms with van der Waals surface area (Å²) in [5.41, 5.74) is 3.60. The van der Waals surface area contributed by atoms with Crippen LogP contribution in [0.5, 0.6) is 0 Å². The molecular weight excluding hydrogens is 362 g/mol. The van der Waals surface area contributed by atoms with E-state index < -0.39 is 0 Å². The average Bonchev–Trinajstić information content (AvgIpc) is 2.58. The third kappa shape index (κ3) is 4.18. The lowest BCUT2D eigenvalue weighted by atomic mass is 9.53. The number of halogens is 1. The van der Waals surface area contributed by atoms with Crippen molar-refractivity contribution in [2.45, 2.75) is 57.4 Å². The van der Waals surface area contributed by atoms with Crippen LogP contribution >= 0.6 is 11.6 Å². The van der Waals surface area contributed by atoms with Crippen LogP contribution in [0, 0.1) is 17.8 Å². The van der Waals surface area contributed by atoms with Crippen molar-refractivity contribution in [3.05, 3.63) is 34.9 Å². The predicted molar refractivity (Wildman–Crippen MR) is 106 cm³/mol. The van der Waals surface area contributed by atoms with Crippen LogP contribution < -0.4 is 10.7 Å². The molecule has 0 aromatic heterocycles. The van der Waals surface area contributed by atoms with E-state index in [0.717, 1.165) is 37.0 Å². The Kier molecular flexibility index (Phi) is 4.97. The number of nitrogens with one attached hydrogen (secondary N) is 2. The van der Waals surface area contributed by atoms with Crippen molar-refractivity contribution >= 4 is 29.1 Å². The van der Waals surface area contributed by atoms with Crippen molar-refractivity contribution in [1.29, 1.82) is 0 Å². The zero-order valence-electron chi connectivity index (χ0n) is 15.6. The van der Waals surface area contributed by atoms with E-state index in [1.165, 1.54) is 19.3 Å². The number of hydrazone groups is 1. The van der Waals surface area contributed by atoms with Gasteiger partial charge in [-0.25, -0.2) is 5.43 Å². The Morgan fingerprint density at radius 1 is 1.07 bits per heavy atom. The molecule has 5 rings (SSSR count). The Balaban J connectivity index is 1.31. The first-order chi connectivity index (χ1) is 12.9. The smallest absolute Gasteiger partial charge is 0.271 e. The van der Waals surface area contributed by atoms with Crippen LogP contribution in [0.4, 0.5) is 0 Å². The molecule has 6 heteroatoms. The van der Waals surface area contributed by atoms with Gasteiger partial charge in [-0.2, -0.15) is 5.10 Å². The molecule has 27 heavy (non-hydrogen) atoms. The second-order valence-electron chi connectivity index (χ2n) is 8.72. The van der Waals surface area contributed by atoms with Crippen molar-refractivity contribution in [3.8, 4) is 0 Å². The van der Waals surface area contributed by atoms with Crippen LogP contribution in [0.25, 0.3) is 0 Å². The minimum Gasteiger partial charge on any atom is -0.350 e. The van der Waals surface area contributed by atoms with Gasteiger partial charge in [-0.15, -0.1) is 0 Å². The zero-order chi connectivity index (χ0) is 19.0.